The number of carbonyl (C=O) groups excluding carboxylic acids is 4. The first-order valence-corrected chi connectivity index (χ1v) is 8.23. The van der Waals surface area contributed by atoms with E-state index in [-0.39, 0.29) is 12.8 Å². The molecular weight excluding hydrogens is 375 g/mol. The number of rotatable bonds is 1. The van der Waals surface area contributed by atoms with Crippen molar-refractivity contribution in [2.24, 2.45) is 0 Å². The first kappa shape index (κ1) is 13.1. The third-order valence-electron chi connectivity index (χ3n) is 3.23. The topological polar surface area (TPSA) is 83.6 Å². The van der Waals surface area contributed by atoms with Gasteiger partial charge in [0.05, 0.1) is 17.2 Å². The van der Waals surface area contributed by atoms with Crippen molar-refractivity contribution in [1.82, 2.24) is 10.2 Å². The third kappa shape index (κ3) is 2.08. The third-order valence-corrected chi connectivity index (χ3v) is 4.62. The Morgan fingerprint density at radius 1 is 1.10 bits per heavy atom. The van der Waals surface area contributed by atoms with Crippen LogP contribution in [0.3, 0.4) is 0 Å². The van der Waals surface area contributed by atoms with Gasteiger partial charge in [0, 0.05) is 12.8 Å². The minimum atomic E-state index is -0.695. The number of nitrogens with one attached hydrogen (secondary N) is 1. The second-order valence-electron chi connectivity index (χ2n) is 4.50. The van der Waals surface area contributed by atoms with Crippen LogP contribution in [-0.2, 0) is 19.2 Å². The van der Waals surface area contributed by atoms with E-state index in [1.54, 1.807) is 12.2 Å². The number of nitrogens with zero attached hydrogens (tertiary/aromatic N) is 1. The van der Waals surface area contributed by atoms with Gasteiger partial charge in [0.1, 0.15) is 0 Å². The number of carbonyl (C=O) groups is 4. The van der Waals surface area contributed by atoms with Crippen LogP contribution in [0.25, 0.3) is 0 Å². The van der Waals surface area contributed by atoms with E-state index in [0.717, 1.165) is 4.90 Å². The zero-order chi connectivity index (χ0) is 14.3. The molecule has 1 fully saturated rings. The van der Waals surface area contributed by atoms with Crippen molar-refractivity contribution in [3.05, 3.63) is 27.4 Å². The summed E-state index contributed by atoms with van der Waals surface area (Å²) >= 11 is -0.392. The lowest BCUT2D eigenvalue weighted by Gasteiger charge is -2.28. The maximum absolute atomic E-state index is 12.3. The van der Waals surface area contributed by atoms with Crippen LogP contribution >= 0.6 is 20.7 Å². The number of amides is 4. The van der Waals surface area contributed by atoms with E-state index in [1.165, 1.54) is 0 Å². The van der Waals surface area contributed by atoms with Crippen molar-refractivity contribution >= 4 is 48.0 Å². The number of imide groups is 2. The molecule has 0 aromatic rings. The highest BCUT2D eigenvalue weighted by Crippen LogP contribution is 2.29. The standard InChI is InChI=1S/C13H9IN2O4/c17-10-5-7(6-11(18)15-10)16-12(19)8-1-3-14-4-2-9(8)13(16)20/h1-3,7H,5-6H2,(H,15,17,18). The molecule has 1 N–H and O–H groups in total. The quantitative estimate of drug-likeness (QED) is 0.506. The highest BCUT2D eigenvalue weighted by Gasteiger charge is 2.43. The Balaban J connectivity index is 1.94. The maximum atomic E-state index is 12.3. The highest BCUT2D eigenvalue weighted by molar-refractivity contribution is 14.2. The van der Waals surface area contributed by atoms with E-state index >= 15 is 0 Å². The van der Waals surface area contributed by atoms with Gasteiger partial charge in [0.2, 0.25) is 11.8 Å². The van der Waals surface area contributed by atoms with E-state index in [2.05, 4.69) is 8.98 Å². The predicted molar refractivity (Wildman–Crippen MR) is 77.8 cm³/mol. The fourth-order valence-corrected chi connectivity index (χ4v) is 3.61. The van der Waals surface area contributed by atoms with Gasteiger partial charge in [0.25, 0.3) is 11.8 Å². The molecule has 4 amide bonds. The largest absolute Gasteiger partial charge is 0.296 e. The minimum absolute atomic E-state index is 0.0339. The van der Waals surface area contributed by atoms with Crippen molar-refractivity contribution in [3.8, 4) is 0 Å². The van der Waals surface area contributed by atoms with Crippen molar-refractivity contribution in [1.29, 1.82) is 0 Å². The molecule has 20 heavy (non-hydrogen) atoms. The minimum Gasteiger partial charge on any atom is -0.296 e. The van der Waals surface area contributed by atoms with Crippen molar-refractivity contribution in [3.63, 3.8) is 0 Å². The van der Waals surface area contributed by atoms with Crippen LogP contribution in [0.15, 0.2) is 27.4 Å². The summed E-state index contributed by atoms with van der Waals surface area (Å²) < 4.78 is 4.86. The normalized spacial score (nSPS) is 22.9. The second-order valence-corrected chi connectivity index (χ2v) is 6.46. The molecule has 0 aliphatic carbocycles. The first-order valence-electron chi connectivity index (χ1n) is 5.90. The summed E-state index contributed by atoms with van der Waals surface area (Å²) in [6.07, 6.45) is 3.12. The van der Waals surface area contributed by atoms with Gasteiger partial charge >= 0.3 is 0 Å². The smallest absolute Gasteiger partial charge is 0.262 e. The van der Waals surface area contributed by atoms with Crippen molar-refractivity contribution in [2.75, 3.05) is 0 Å². The van der Waals surface area contributed by atoms with Crippen LogP contribution in [0, 0.1) is 0 Å². The Labute approximate surface area is 123 Å². The molecule has 3 rings (SSSR count). The Kier molecular flexibility index (Phi) is 3.23. The van der Waals surface area contributed by atoms with Crippen LogP contribution in [0.2, 0.25) is 0 Å². The summed E-state index contributed by atoms with van der Waals surface area (Å²) in [6.45, 7) is 0. The van der Waals surface area contributed by atoms with E-state index in [4.69, 9.17) is 0 Å². The molecule has 0 radical (unpaired) electrons. The molecule has 3 heterocycles. The van der Waals surface area contributed by atoms with Gasteiger partial charge in [-0.25, -0.2) is 0 Å². The van der Waals surface area contributed by atoms with E-state index in [1.807, 2.05) is 4.08 Å². The second kappa shape index (κ2) is 4.92. The Bertz CT molecular complexity index is 666. The summed E-state index contributed by atoms with van der Waals surface area (Å²) in [5.74, 6) is -1.80. The molecule has 3 aliphatic heterocycles. The molecule has 0 saturated carbocycles. The molecule has 0 spiro atoms. The molecule has 1 saturated heterocycles. The molecule has 3 aliphatic rings. The van der Waals surface area contributed by atoms with E-state index in [9.17, 15) is 19.2 Å². The van der Waals surface area contributed by atoms with Gasteiger partial charge in [-0.1, -0.05) is 3.67 Å². The van der Waals surface area contributed by atoms with Gasteiger partial charge < -0.3 is 0 Å². The van der Waals surface area contributed by atoms with Crippen molar-refractivity contribution in [2.45, 2.75) is 18.9 Å². The highest BCUT2D eigenvalue weighted by atomic mass is 127. The van der Waals surface area contributed by atoms with Crippen molar-refractivity contribution < 1.29 is 19.2 Å². The number of halogens is 1. The summed E-state index contributed by atoms with van der Waals surface area (Å²) in [4.78, 5) is 48.5. The lowest BCUT2D eigenvalue weighted by atomic mass is 10.0. The molecule has 0 aromatic heterocycles. The first-order chi connectivity index (χ1) is 9.58. The predicted octanol–water partition coefficient (Wildman–Crippen LogP) is -0.0877. The molecule has 0 unspecified atom stereocenters. The van der Waals surface area contributed by atoms with E-state index in [0.29, 0.717) is 11.1 Å². The summed E-state index contributed by atoms with van der Waals surface area (Å²) in [7, 11) is 0. The van der Waals surface area contributed by atoms with Crippen LogP contribution in [0.4, 0.5) is 0 Å². The Morgan fingerprint density at radius 3 is 2.45 bits per heavy atom. The Morgan fingerprint density at radius 2 is 1.75 bits per heavy atom. The summed E-state index contributed by atoms with van der Waals surface area (Å²) in [6, 6.07) is -0.695. The summed E-state index contributed by atoms with van der Waals surface area (Å²) in [5, 5.41) is 2.16. The van der Waals surface area contributed by atoms with Gasteiger partial charge in [-0.05, 0) is 37.0 Å². The Hall–Kier alpha value is -1.86. The number of piperidine rings is 1. The van der Waals surface area contributed by atoms with Gasteiger partial charge in [-0.15, -0.1) is 0 Å². The zero-order valence-electron chi connectivity index (χ0n) is 10.2. The number of hydrogen-bond acceptors (Lipinski definition) is 4. The molecule has 0 bridgehead atoms. The van der Waals surface area contributed by atoms with Gasteiger partial charge in [-0.3, -0.25) is 29.4 Å². The van der Waals surface area contributed by atoms with Crippen LogP contribution in [-0.4, -0.2) is 38.2 Å². The molecule has 102 valence electrons. The monoisotopic (exact) mass is 384 g/mol. The van der Waals surface area contributed by atoms with Gasteiger partial charge in [-0.2, -0.15) is 0 Å². The average molecular weight is 384 g/mol. The molecule has 7 heteroatoms. The summed E-state index contributed by atoms with van der Waals surface area (Å²) in [5.41, 5.74) is 0.639. The average Bonchev–Trinajstić information content (AvgIpc) is 2.57. The number of hydrogen-bond donors (Lipinski definition) is 1. The lowest BCUT2D eigenvalue weighted by molar-refractivity contribution is -0.144. The molecular formula is C13H9IN2O4. The van der Waals surface area contributed by atoms with Crippen LogP contribution in [0.1, 0.15) is 12.8 Å². The molecule has 0 atom stereocenters. The van der Waals surface area contributed by atoms with Crippen LogP contribution < -0.4 is 5.32 Å². The SMILES string of the molecule is O=C1CC(N2C(=O)C3=C(C=CI=C=C3)C2=O)CC(=O)N1. The van der Waals surface area contributed by atoms with E-state index < -0.39 is 50.4 Å². The fourth-order valence-electron chi connectivity index (χ4n) is 2.37. The van der Waals surface area contributed by atoms with Crippen LogP contribution in [0.5, 0.6) is 0 Å². The fraction of sp³-hybridized carbons (Fsp3) is 0.231. The van der Waals surface area contributed by atoms with Gasteiger partial charge in [0.15, 0.2) is 0 Å². The maximum Gasteiger partial charge on any atom is 0.262 e. The lowest BCUT2D eigenvalue weighted by Crippen LogP contribution is -2.51. The molecule has 6 nitrogen and oxygen atoms in total. The zero-order valence-corrected chi connectivity index (χ0v) is 12.3. The molecule has 0 aromatic carbocycles.